The van der Waals surface area contributed by atoms with Crippen LogP contribution < -0.4 is 5.32 Å². The summed E-state index contributed by atoms with van der Waals surface area (Å²) in [5.41, 5.74) is 0. The number of ether oxygens (including phenoxy) is 1. The van der Waals surface area contributed by atoms with Crippen LogP contribution in [0.15, 0.2) is 0 Å². The van der Waals surface area contributed by atoms with Crippen LogP contribution >= 0.6 is 0 Å². The van der Waals surface area contributed by atoms with Gasteiger partial charge in [0.15, 0.2) is 0 Å². The van der Waals surface area contributed by atoms with Gasteiger partial charge < -0.3 is 15.2 Å². The van der Waals surface area contributed by atoms with Crippen LogP contribution in [0, 0.1) is 5.92 Å². The third kappa shape index (κ3) is 4.96. The van der Waals surface area contributed by atoms with Gasteiger partial charge in [0.25, 0.3) is 0 Å². The van der Waals surface area contributed by atoms with Crippen LogP contribution in [0.3, 0.4) is 0 Å². The third-order valence-electron chi connectivity index (χ3n) is 3.05. The zero-order valence-corrected chi connectivity index (χ0v) is 10.2. The van der Waals surface area contributed by atoms with E-state index in [1.165, 1.54) is 0 Å². The summed E-state index contributed by atoms with van der Waals surface area (Å²) in [6.45, 7) is 8.04. The van der Waals surface area contributed by atoms with Crippen molar-refractivity contribution in [2.24, 2.45) is 5.92 Å². The lowest BCUT2D eigenvalue weighted by Gasteiger charge is -2.32. The summed E-state index contributed by atoms with van der Waals surface area (Å²) in [6, 6.07) is 0.574. The Labute approximate surface area is 93.2 Å². The summed E-state index contributed by atoms with van der Waals surface area (Å²) in [4.78, 5) is 0. The summed E-state index contributed by atoms with van der Waals surface area (Å²) in [6.07, 6.45) is 3.26. The minimum atomic E-state index is -0.196. The molecule has 0 aromatic rings. The second kappa shape index (κ2) is 6.46. The van der Waals surface area contributed by atoms with E-state index >= 15 is 0 Å². The Kier molecular flexibility index (Phi) is 5.58. The Bertz CT molecular complexity index is 171. The molecule has 1 aliphatic heterocycles. The molecule has 1 saturated heterocycles. The SMILES string of the molecule is CC(O)CCNC1CCOC(C(C)C)C1. The van der Waals surface area contributed by atoms with Crippen molar-refractivity contribution in [2.45, 2.75) is 58.3 Å². The van der Waals surface area contributed by atoms with Crippen molar-refractivity contribution in [3.63, 3.8) is 0 Å². The van der Waals surface area contributed by atoms with E-state index in [0.717, 1.165) is 32.4 Å². The molecule has 2 N–H and O–H groups in total. The summed E-state index contributed by atoms with van der Waals surface area (Å²) in [5.74, 6) is 0.603. The lowest BCUT2D eigenvalue weighted by molar-refractivity contribution is -0.0245. The van der Waals surface area contributed by atoms with Crippen LogP contribution in [-0.2, 0) is 4.74 Å². The highest BCUT2D eigenvalue weighted by Crippen LogP contribution is 2.20. The Morgan fingerprint density at radius 2 is 2.13 bits per heavy atom. The fraction of sp³-hybridized carbons (Fsp3) is 1.00. The standard InChI is InChI=1S/C12H25NO2/c1-9(2)12-8-11(5-7-15-12)13-6-4-10(3)14/h9-14H,4-8H2,1-3H3. The molecule has 0 radical (unpaired) electrons. The van der Waals surface area contributed by atoms with Gasteiger partial charge in [0.1, 0.15) is 0 Å². The molecule has 0 saturated carbocycles. The molecular weight excluding hydrogens is 190 g/mol. The average Bonchev–Trinajstić information content (AvgIpc) is 2.17. The zero-order chi connectivity index (χ0) is 11.3. The maximum atomic E-state index is 9.16. The second-order valence-electron chi connectivity index (χ2n) is 4.97. The predicted molar refractivity (Wildman–Crippen MR) is 61.9 cm³/mol. The smallest absolute Gasteiger partial charge is 0.0612 e. The number of hydrogen-bond acceptors (Lipinski definition) is 3. The van der Waals surface area contributed by atoms with Crippen LogP contribution in [0.25, 0.3) is 0 Å². The van der Waals surface area contributed by atoms with Gasteiger partial charge >= 0.3 is 0 Å². The molecule has 3 nitrogen and oxygen atoms in total. The zero-order valence-electron chi connectivity index (χ0n) is 10.2. The minimum Gasteiger partial charge on any atom is -0.393 e. The van der Waals surface area contributed by atoms with Crippen LogP contribution in [0.1, 0.15) is 40.0 Å². The number of aliphatic hydroxyl groups is 1. The van der Waals surface area contributed by atoms with E-state index in [1.807, 2.05) is 6.92 Å². The molecule has 3 unspecified atom stereocenters. The molecule has 3 atom stereocenters. The van der Waals surface area contributed by atoms with Crippen LogP contribution in [0.2, 0.25) is 0 Å². The minimum absolute atomic E-state index is 0.196. The van der Waals surface area contributed by atoms with Crippen molar-refractivity contribution in [2.75, 3.05) is 13.2 Å². The van der Waals surface area contributed by atoms with Crippen molar-refractivity contribution in [3.8, 4) is 0 Å². The maximum absolute atomic E-state index is 9.16. The first-order chi connectivity index (χ1) is 7.09. The molecule has 0 bridgehead atoms. The highest BCUT2D eigenvalue weighted by molar-refractivity contribution is 4.78. The van der Waals surface area contributed by atoms with Gasteiger partial charge in [-0.15, -0.1) is 0 Å². The highest BCUT2D eigenvalue weighted by Gasteiger charge is 2.24. The van der Waals surface area contributed by atoms with Gasteiger partial charge in [-0.05, 0) is 38.6 Å². The summed E-state index contributed by atoms with van der Waals surface area (Å²) < 4.78 is 5.71. The van der Waals surface area contributed by atoms with E-state index in [1.54, 1.807) is 0 Å². The first-order valence-electron chi connectivity index (χ1n) is 6.12. The molecule has 1 aliphatic rings. The van der Waals surface area contributed by atoms with Crippen molar-refractivity contribution >= 4 is 0 Å². The Hall–Kier alpha value is -0.120. The largest absolute Gasteiger partial charge is 0.393 e. The summed E-state index contributed by atoms with van der Waals surface area (Å²) in [7, 11) is 0. The second-order valence-corrected chi connectivity index (χ2v) is 4.97. The molecule has 1 heterocycles. The molecule has 0 spiro atoms. The van der Waals surface area contributed by atoms with Gasteiger partial charge in [-0.3, -0.25) is 0 Å². The predicted octanol–water partition coefficient (Wildman–Crippen LogP) is 1.55. The first kappa shape index (κ1) is 12.9. The van der Waals surface area contributed by atoms with Crippen LogP contribution in [0.5, 0.6) is 0 Å². The van der Waals surface area contributed by atoms with E-state index in [2.05, 4.69) is 19.2 Å². The van der Waals surface area contributed by atoms with Gasteiger partial charge in [-0.2, -0.15) is 0 Å². The Morgan fingerprint density at radius 1 is 1.40 bits per heavy atom. The average molecular weight is 215 g/mol. The van der Waals surface area contributed by atoms with Gasteiger partial charge in [0.2, 0.25) is 0 Å². The molecule has 15 heavy (non-hydrogen) atoms. The number of rotatable bonds is 5. The lowest BCUT2D eigenvalue weighted by Crippen LogP contribution is -2.41. The maximum Gasteiger partial charge on any atom is 0.0612 e. The van der Waals surface area contributed by atoms with Crippen molar-refractivity contribution in [3.05, 3.63) is 0 Å². The molecule has 0 aromatic carbocycles. The fourth-order valence-electron chi connectivity index (χ4n) is 1.97. The van der Waals surface area contributed by atoms with Crippen LogP contribution in [-0.4, -0.2) is 36.5 Å². The van der Waals surface area contributed by atoms with Crippen molar-refractivity contribution in [1.29, 1.82) is 0 Å². The molecule has 3 heteroatoms. The Morgan fingerprint density at radius 3 is 2.73 bits per heavy atom. The first-order valence-corrected chi connectivity index (χ1v) is 6.12. The third-order valence-corrected chi connectivity index (χ3v) is 3.05. The van der Waals surface area contributed by atoms with Crippen LogP contribution in [0.4, 0.5) is 0 Å². The number of nitrogens with one attached hydrogen (secondary N) is 1. The lowest BCUT2D eigenvalue weighted by atomic mass is 9.95. The molecule has 0 aliphatic carbocycles. The fourth-order valence-corrected chi connectivity index (χ4v) is 1.97. The van der Waals surface area contributed by atoms with E-state index in [0.29, 0.717) is 18.1 Å². The number of aliphatic hydroxyl groups excluding tert-OH is 1. The van der Waals surface area contributed by atoms with E-state index in [4.69, 9.17) is 9.84 Å². The molecule has 1 fully saturated rings. The molecule has 1 rings (SSSR count). The van der Waals surface area contributed by atoms with E-state index in [-0.39, 0.29) is 6.10 Å². The summed E-state index contributed by atoms with van der Waals surface area (Å²) >= 11 is 0. The van der Waals surface area contributed by atoms with Crippen molar-refractivity contribution < 1.29 is 9.84 Å². The molecule has 90 valence electrons. The van der Waals surface area contributed by atoms with E-state index in [9.17, 15) is 0 Å². The van der Waals surface area contributed by atoms with Gasteiger partial charge in [0.05, 0.1) is 12.2 Å². The summed E-state index contributed by atoms with van der Waals surface area (Å²) in [5, 5.41) is 12.7. The topological polar surface area (TPSA) is 41.5 Å². The highest BCUT2D eigenvalue weighted by atomic mass is 16.5. The van der Waals surface area contributed by atoms with Crippen molar-refractivity contribution in [1.82, 2.24) is 5.32 Å². The Balaban J connectivity index is 2.18. The van der Waals surface area contributed by atoms with Gasteiger partial charge in [0, 0.05) is 12.6 Å². The van der Waals surface area contributed by atoms with Gasteiger partial charge in [-0.25, -0.2) is 0 Å². The quantitative estimate of drug-likeness (QED) is 0.731. The molecular formula is C12H25NO2. The van der Waals surface area contributed by atoms with E-state index < -0.39 is 0 Å². The number of hydrogen-bond donors (Lipinski definition) is 2. The normalized spacial score (nSPS) is 29.4. The monoisotopic (exact) mass is 215 g/mol. The molecule has 0 aromatic heterocycles. The molecule has 0 amide bonds. The van der Waals surface area contributed by atoms with Gasteiger partial charge in [-0.1, -0.05) is 13.8 Å².